The number of nitrogens with zero attached hydrogens (tertiary/aromatic N) is 2. The maximum absolute atomic E-state index is 11.1. The first-order chi connectivity index (χ1) is 14.3. The smallest absolute Gasteiger partial charge is 0.355 e. The van der Waals surface area contributed by atoms with Crippen LogP contribution >= 0.6 is 11.3 Å². The minimum absolute atomic E-state index is 0.0585. The molecule has 0 unspecified atom stereocenters. The number of thiazole rings is 1. The number of hydrogen-bond acceptors (Lipinski definition) is 5. The van der Waals surface area contributed by atoms with E-state index in [1.54, 1.807) is 5.38 Å². The van der Waals surface area contributed by atoms with Crippen LogP contribution in [0.4, 0.5) is 0 Å². The topological polar surface area (TPSA) is 89.1 Å². The Kier molecular flexibility index (Phi) is 6.80. The van der Waals surface area contributed by atoms with Crippen molar-refractivity contribution in [3.05, 3.63) is 68.4 Å². The molecule has 0 spiro atoms. The number of aromatic carboxylic acids is 1. The van der Waals surface area contributed by atoms with Gasteiger partial charge < -0.3 is 10.8 Å². The van der Waals surface area contributed by atoms with Gasteiger partial charge in [-0.25, -0.2) is 9.78 Å². The molecule has 0 saturated carbocycles. The molecule has 0 atom stereocenters. The first kappa shape index (κ1) is 21.9. The number of nitrogens with two attached hydrogens (primary N) is 1. The lowest BCUT2D eigenvalue weighted by atomic mass is 9.89. The Labute approximate surface area is 181 Å². The highest BCUT2D eigenvalue weighted by Crippen LogP contribution is 2.34. The van der Waals surface area contributed by atoms with E-state index in [-0.39, 0.29) is 5.69 Å². The van der Waals surface area contributed by atoms with E-state index in [1.807, 2.05) is 19.1 Å². The average molecular weight is 422 g/mol. The van der Waals surface area contributed by atoms with Crippen molar-refractivity contribution < 1.29 is 9.90 Å². The molecule has 3 N–H and O–H groups in total. The lowest BCUT2D eigenvalue weighted by Crippen LogP contribution is -2.12. The minimum atomic E-state index is -1.02. The summed E-state index contributed by atoms with van der Waals surface area (Å²) < 4.78 is 0. The zero-order chi connectivity index (χ0) is 21.8. The Morgan fingerprint density at radius 3 is 2.43 bits per heavy atom. The predicted molar refractivity (Wildman–Crippen MR) is 124 cm³/mol. The summed E-state index contributed by atoms with van der Waals surface area (Å²) in [5.41, 5.74) is 13.7. The Bertz CT molecular complexity index is 1080. The van der Waals surface area contributed by atoms with Gasteiger partial charge in [0.05, 0.1) is 0 Å². The van der Waals surface area contributed by atoms with Crippen molar-refractivity contribution in [1.82, 2.24) is 9.97 Å². The fourth-order valence-corrected chi connectivity index (χ4v) is 4.15. The summed E-state index contributed by atoms with van der Waals surface area (Å²) in [6.45, 7) is 8.84. The van der Waals surface area contributed by atoms with Crippen molar-refractivity contribution in [2.75, 3.05) is 0 Å². The summed E-state index contributed by atoms with van der Waals surface area (Å²) in [7, 11) is 0. The molecule has 0 aliphatic carbocycles. The van der Waals surface area contributed by atoms with Gasteiger partial charge in [-0.2, -0.15) is 0 Å². The van der Waals surface area contributed by atoms with Crippen LogP contribution in [0.5, 0.6) is 0 Å². The predicted octanol–water partition coefficient (Wildman–Crippen LogP) is 5.35. The Hall–Kier alpha value is -2.83. The number of hydrogen-bond donors (Lipinski definition) is 2. The SMILES string of the molecule is Cc1ccc(-c2c(C=Cc3nc(C(=O)O)cs3)c(C)nc(CC(C)C)c2CN)cc1. The van der Waals surface area contributed by atoms with Crippen LogP contribution in [-0.2, 0) is 13.0 Å². The largest absolute Gasteiger partial charge is 0.476 e. The fourth-order valence-electron chi connectivity index (χ4n) is 3.46. The molecule has 5 nitrogen and oxygen atoms in total. The maximum atomic E-state index is 11.1. The normalized spacial score (nSPS) is 11.5. The second kappa shape index (κ2) is 9.32. The number of aryl methyl sites for hydroxylation is 2. The summed E-state index contributed by atoms with van der Waals surface area (Å²) in [6, 6.07) is 8.43. The third kappa shape index (κ3) is 4.83. The van der Waals surface area contributed by atoms with E-state index in [0.717, 1.165) is 40.1 Å². The van der Waals surface area contributed by atoms with Crippen LogP contribution in [0.1, 0.15) is 57.4 Å². The zero-order valence-electron chi connectivity index (χ0n) is 17.8. The van der Waals surface area contributed by atoms with Gasteiger partial charge >= 0.3 is 5.97 Å². The van der Waals surface area contributed by atoms with E-state index in [9.17, 15) is 4.79 Å². The van der Waals surface area contributed by atoms with Crippen LogP contribution in [0.3, 0.4) is 0 Å². The molecule has 3 rings (SSSR count). The lowest BCUT2D eigenvalue weighted by Gasteiger charge is -2.19. The van der Waals surface area contributed by atoms with Crippen molar-refractivity contribution >= 4 is 29.5 Å². The molecule has 156 valence electrons. The van der Waals surface area contributed by atoms with Gasteiger partial charge in [0.1, 0.15) is 5.01 Å². The van der Waals surface area contributed by atoms with Crippen LogP contribution in [0.15, 0.2) is 29.6 Å². The van der Waals surface area contributed by atoms with Crippen LogP contribution in [0.2, 0.25) is 0 Å². The van der Waals surface area contributed by atoms with E-state index in [2.05, 4.69) is 50.0 Å². The van der Waals surface area contributed by atoms with Crippen molar-refractivity contribution in [2.45, 2.75) is 40.7 Å². The van der Waals surface area contributed by atoms with Gasteiger partial charge in [-0.3, -0.25) is 4.98 Å². The molecular formula is C24H27N3O2S. The monoisotopic (exact) mass is 421 g/mol. The molecule has 0 bridgehead atoms. The van der Waals surface area contributed by atoms with Gasteiger partial charge in [-0.1, -0.05) is 43.7 Å². The van der Waals surface area contributed by atoms with E-state index in [1.165, 1.54) is 16.9 Å². The molecular weight excluding hydrogens is 394 g/mol. The number of carbonyl (C=O) groups is 1. The molecule has 1 aromatic carbocycles. The molecule has 3 aromatic rings. The summed E-state index contributed by atoms with van der Waals surface area (Å²) in [5.74, 6) is -0.549. The van der Waals surface area contributed by atoms with Gasteiger partial charge in [0, 0.05) is 28.9 Å². The molecule has 0 saturated heterocycles. The van der Waals surface area contributed by atoms with Gasteiger partial charge in [0.25, 0.3) is 0 Å². The van der Waals surface area contributed by atoms with Crippen molar-refractivity contribution in [3.8, 4) is 11.1 Å². The van der Waals surface area contributed by atoms with Crippen molar-refractivity contribution in [1.29, 1.82) is 0 Å². The quantitative estimate of drug-likeness (QED) is 0.537. The van der Waals surface area contributed by atoms with E-state index >= 15 is 0 Å². The van der Waals surface area contributed by atoms with Crippen LogP contribution in [0.25, 0.3) is 23.3 Å². The molecule has 0 fully saturated rings. The molecule has 0 radical (unpaired) electrons. The molecule has 0 aliphatic heterocycles. The van der Waals surface area contributed by atoms with Crippen LogP contribution in [0, 0.1) is 19.8 Å². The Morgan fingerprint density at radius 1 is 1.17 bits per heavy atom. The highest BCUT2D eigenvalue weighted by atomic mass is 32.1. The second-order valence-corrected chi connectivity index (χ2v) is 8.68. The fraction of sp³-hybridized carbons (Fsp3) is 0.292. The maximum Gasteiger partial charge on any atom is 0.355 e. The number of aromatic nitrogens is 2. The summed E-state index contributed by atoms with van der Waals surface area (Å²) >= 11 is 1.30. The first-order valence-corrected chi connectivity index (χ1v) is 10.8. The van der Waals surface area contributed by atoms with Crippen molar-refractivity contribution in [3.63, 3.8) is 0 Å². The molecule has 0 amide bonds. The molecule has 6 heteroatoms. The van der Waals surface area contributed by atoms with E-state index in [0.29, 0.717) is 17.5 Å². The molecule has 2 heterocycles. The second-order valence-electron chi connectivity index (χ2n) is 7.79. The number of rotatable bonds is 7. The molecule has 0 aliphatic rings. The highest BCUT2D eigenvalue weighted by Gasteiger charge is 2.18. The van der Waals surface area contributed by atoms with Gasteiger partial charge in [-0.05, 0) is 55.0 Å². The number of pyridine rings is 1. The standard InChI is InChI=1S/C24H27N3O2S/c1-14(2)11-20-19(12-25)23(17-7-5-15(3)6-8-17)18(16(4)26-20)9-10-22-27-21(13-30-22)24(28)29/h5-10,13-14H,11-12,25H2,1-4H3,(H,28,29). The third-order valence-electron chi connectivity index (χ3n) is 4.89. The van der Waals surface area contributed by atoms with Gasteiger partial charge in [0.2, 0.25) is 0 Å². The Morgan fingerprint density at radius 2 is 1.87 bits per heavy atom. The summed E-state index contributed by atoms with van der Waals surface area (Å²) in [6.07, 6.45) is 4.69. The lowest BCUT2D eigenvalue weighted by molar-refractivity contribution is 0.0691. The highest BCUT2D eigenvalue weighted by molar-refractivity contribution is 7.10. The summed E-state index contributed by atoms with van der Waals surface area (Å²) in [5, 5.41) is 11.3. The number of carboxylic acid groups (broad SMARTS) is 1. The number of carboxylic acids is 1. The molecule has 30 heavy (non-hydrogen) atoms. The van der Waals surface area contributed by atoms with E-state index < -0.39 is 5.97 Å². The Balaban J connectivity index is 2.18. The van der Waals surface area contributed by atoms with Crippen molar-refractivity contribution in [2.24, 2.45) is 11.7 Å². The van der Waals surface area contributed by atoms with Gasteiger partial charge in [0.15, 0.2) is 5.69 Å². The first-order valence-electron chi connectivity index (χ1n) is 9.96. The van der Waals surface area contributed by atoms with Gasteiger partial charge in [-0.15, -0.1) is 11.3 Å². The summed E-state index contributed by atoms with van der Waals surface area (Å²) in [4.78, 5) is 20.2. The molecule has 2 aromatic heterocycles. The van der Waals surface area contributed by atoms with Crippen LogP contribution in [-0.4, -0.2) is 21.0 Å². The third-order valence-corrected chi connectivity index (χ3v) is 5.70. The van der Waals surface area contributed by atoms with Crippen LogP contribution < -0.4 is 5.73 Å². The minimum Gasteiger partial charge on any atom is -0.476 e. The number of benzene rings is 1. The van der Waals surface area contributed by atoms with E-state index in [4.69, 9.17) is 15.8 Å². The zero-order valence-corrected chi connectivity index (χ0v) is 18.6. The average Bonchev–Trinajstić information content (AvgIpc) is 3.16.